The van der Waals surface area contributed by atoms with Crippen molar-refractivity contribution in [2.24, 2.45) is 5.73 Å². The van der Waals surface area contributed by atoms with E-state index in [1.807, 2.05) is 0 Å². The van der Waals surface area contributed by atoms with Gasteiger partial charge in [0.2, 0.25) is 0 Å². The standard InChI is InChI=1S/C12H14F3N3OS/c1-6(2)17-11(19)18-7-3-4-8(10(16)20)9(5-7)12(13,14)15/h3-6H,1-2H3,(H2,16,20)(H2,17,18,19). The highest BCUT2D eigenvalue weighted by Gasteiger charge is 2.34. The Kier molecular flexibility index (Phi) is 4.93. The van der Waals surface area contributed by atoms with Crippen molar-refractivity contribution in [2.45, 2.75) is 26.1 Å². The predicted octanol–water partition coefficient (Wildman–Crippen LogP) is 2.87. The van der Waals surface area contributed by atoms with Crippen molar-refractivity contribution >= 4 is 28.9 Å². The molecule has 20 heavy (non-hydrogen) atoms. The maximum Gasteiger partial charge on any atom is 0.417 e. The molecule has 0 heterocycles. The van der Waals surface area contributed by atoms with Crippen LogP contribution in [0.2, 0.25) is 0 Å². The minimum absolute atomic E-state index is 0.00970. The zero-order chi connectivity index (χ0) is 15.5. The zero-order valence-corrected chi connectivity index (χ0v) is 11.7. The van der Waals surface area contributed by atoms with Crippen LogP contribution in [0.3, 0.4) is 0 Å². The van der Waals surface area contributed by atoms with Crippen LogP contribution in [0.1, 0.15) is 25.0 Å². The zero-order valence-electron chi connectivity index (χ0n) is 10.8. The molecule has 1 aromatic rings. The second-order valence-electron chi connectivity index (χ2n) is 4.38. The maximum absolute atomic E-state index is 12.9. The van der Waals surface area contributed by atoms with Gasteiger partial charge in [0.05, 0.1) is 5.56 Å². The van der Waals surface area contributed by atoms with Crippen molar-refractivity contribution in [3.63, 3.8) is 0 Å². The first-order chi connectivity index (χ1) is 9.11. The number of amides is 2. The average molecular weight is 305 g/mol. The number of anilines is 1. The van der Waals surface area contributed by atoms with E-state index in [2.05, 4.69) is 22.9 Å². The lowest BCUT2D eigenvalue weighted by Gasteiger charge is -2.15. The van der Waals surface area contributed by atoms with Crippen LogP contribution >= 0.6 is 12.2 Å². The number of alkyl halides is 3. The molecule has 0 unspecified atom stereocenters. The normalized spacial score (nSPS) is 11.3. The van der Waals surface area contributed by atoms with Gasteiger partial charge in [0, 0.05) is 17.3 Å². The largest absolute Gasteiger partial charge is 0.417 e. The molecule has 110 valence electrons. The molecule has 0 spiro atoms. The molecule has 0 atom stereocenters. The Morgan fingerprint density at radius 2 is 1.95 bits per heavy atom. The minimum Gasteiger partial charge on any atom is -0.389 e. The molecule has 0 aliphatic carbocycles. The number of nitrogens with two attached hydrogens (primary N) is 1. The number of hydrogen-bond donors (Lipinski definition) is 3. The van der Waals surface area contributed by atoms with Gasteiger partial charge in [0.15, 0.2) is 0 Å². The van der Waals surface area contributed by atoms with Crippen LogP contribution < -0.4 is 16.4 Å². The first-order valence-electron chi connectivity index (χ1n) is 5.70. The number of urea groups is 1. The summed E-state index contributed by atoms with van der Waals surface area (Å²) in [5, 5.41) is 4.82. The van der Waals surface area contributed by atoms with Gasteiger partial charge in [-0.05, 0) is 32.0 Å². The summed E-state index contributed by atoms with van der Waals surface area (Å²) in [7, 11) is 0. The second-order valence-corrected chi connectivity index (χ2v) is 4.82. The van der Waals surface area contributed by atoms with Gasteiger partial charge < -0.3 is 16.4 Å². The van der Waals surface area contributed by atoms with Gasteiger partial charge in [-0.15, -0.1) is 0 Å². The molecule has 8 heteroatoms. The number of halogens is 3. The topological polar surface area (TPSA) is 67.2 Å². The molecule has 2 amide bonds. The predicted molar refractivity (Wildman–Crippen MR) is 74.6 cm³/mol. The van der Waals surface area contributed by atoms with Crippen LogP contribution in [-0.4, -0.2) is 17.1 Å². The third-order valence-electron chi connectivity index (χ3n) is 2.27. The third-order valence-corrected chi connectivity index (χ3v) is 2.49. The van der Waals surface area contributed by atoms with E-state index >= 15 is 0 Å². The number of nitrogens with one attached hydrogen (secondary N) is 2. The van der Waals surface area contributed by atoms with E-state index < -0.39 is 17.8 Å². The van der Waals surface area contributed by atoms with E-state index in [1.165, 1.54) is 6.07 Å². The van der Waals surface area contributed by atoms with Crippen molar-refractivity contribution in [3.05, 3.63) is 29.3 Å². The molecular weight excluding hydrogens is 291 g/mol. The fourth-order valence-electron chi connectivity index (χ4n) is 1.50. The van der Waals surface area contributed by atoms with Crippen molar-refractivity contribution < 1.29 is 18.0 Å². The smallest absolute Gasteiger partial charge is 0.389 e. The Morgan fingerprint density at radius 3 is 2.40 bits per heavy atom. The monoisotopic (exact) mass is 305 g/mol. The van der Waals surface area contributed by atoms with Gasteiger partial charge in [-0.2, -0.15) is 13.2 Å². The summed E-state index contributed by atoms with van der Waals surface area (Å²) in [5.74, 6) is 0. The third kappa shape index (κ3) is 4.37. The molecule has 0 bridgehead atoms. The minimum atomic E-state index is -4.61. The van der Waals surface area contributed by atoms with E-state index in [0.29, 0.717) is 0 Å². The Balaban J connectivity index is 3.08. The summed E-state index contributed by atoms with van der Waals surface area (Å²) >= 11 is 4.58. The lowest BCUT2D eigenvalue weighted by Crippen LogP contribution is -2.34. The number of carbonyl (C=O) groups excluding carboxylic acids is 1. The second kappa shape index (κ2) is 6.08. The number of thiocarbonyl (C=S) groups is 1. The highest BCUT2D eigenvalue weighted by Crippen LogP contribution is 2.33. The van der Waals surface area contributed by atoms with Gasteiger partial charge in [-0.3, -0.25) is 0 Å². The van der Waals surface area contributed by atoms with Gasteiger partial charge in [-0.1, -0.05) is 12.2 Å². The maximum atomic E-state index is 12.9. The molecule has 0 aliphatic rings. The van der Waals surface area contributed by atoms with E-state index in [1.54, 1.807) is 13.8 Å². The molecule has 1 aromatic carbocycles. The summed E-state index contributed by atoms with van der Waals surface area (Å²) in [6.45, 7) is 3.47. The molecule has 4 N–H and O–H groups in total. The van der Waals surface area contributed by atoms with Crippen LogP contribution in [0.5, 0.6) is 0 Å². The van der Waals surface area contributed by atoms with Gasteiger partial charge in [0.25, 0.3) is 0 Å². The molecule has 0 fully saturated rings. The molecule has 0 aromatic heterocycles. The lowest BCUT2D eigenvalue weighted by molar-refractivity contribution is -0.137. The lowest BCUT2D eigenvalue weighted by atomic mass is 10.1. The molecular formula is C12H14F3N3OS. The fraction of sp³-hybridized carbons (Fsp3) is 0.333. The highest BCUT2D eigenvalue weighted by molar-refractivity contribution is 7.80. The first-order valence-corrected chi connectivity index (χ1v) is 6.10. The Morgan fingerprint density at radius 1 is 1.35 bits per heavy atom. The van der Waals surface area contributed by atoms with E-state index in [4.69, 9.17) is 5.73 Å². The summed E-state index contributed by atoms with van der Waals surface area (Å²) in [6.07, 6.45) is -4.61. The van der Waals surface area contributed by atoms with Crippen molar-refractivity contribution in [2.75, 3.05) is 5.32 Å². The van der Waals surface area contributed by atoms with Crippen LogP contribution in [0.15, 0.2) is 18.2 Å². The van der Waals surface area contributed by atoms with E-state index in [9.17, 15) is 18.0 Å². The van der Waals surface area contributed by atoms with Crippen LogP contribution in [0.25, 0.3) is 0 Å². The Bertz CT molecular complexity index is 529. The van der Waals surface area contributed by atoms with Gasteiger partial charge in [-0.25, -0.2) is 4.79 Å². The van der Waals surface area contributed by atoms with Crippen LogP contribution in [0, 0.1) is 0 Å². The van der Waals surface area contributed by atoms with E-state index in [-0.39, 0.29) is 22.3 Å². The molecule has 1 rings (SSSR count). The molecule has 0 aliphatic heterocycles. The summed E-state index contributed by atoms with van der Waals surface area (Å²) in [4.78, 5) is 11.1. The van der Waals surface area contributed by atoms with Crippen molar-refractivity contribution in [3.8, 4) is 0 Å². The van der Waals surface area contributed by atoms with Gasteiger partial charge in [0.1, 0.15) is 4.99 Å². The van der Waals surface area contributed by atoms with Crippen LogP contribution in [-0.2, 0) is 6.18 Å². The Labute approximate surface area is 119 Å². The van der Waals surface area contributed by atoms with Crippen molar-refractivity contribution in [1.29, 1.82) is 0 Å². The number of benzene rings is 1. The SMILES string of the molecule is CC(C)NC(=O)Nc1ccc(C(N)=S)c(C(F)(F)F)c1. The molecule has 0 saturated heterocycles. The number of rotatable bonds is 3. The number of carbonyl (C=O) groups is 1. The summed E-state index contributed by atoms with van der Waals surface area (Å²) < 4.78 is 38.7. The Hall–Kier alpha value is -1.83. The molecule has 0 radical (unpaired) electrons. The van der Waals surface area contributed by atoms with Gasteiger partial charge >= 0.3 is 12.2 Å². The van der Waals surface area contributed by atoms with Crippen molar-refractivity contribution in [1.82, 2.24) is 5.32 Å². The summed E-state index contributed by atoms with van der Waals surface area (Å²) in [6, 6.07) is 2.53. The van der Waals surface area contributed by atoms with E-state index in [0.717, 1.165) is 12.1 Å². The first kappa shape index (κ1) is 16.2. The average Bonchev–Trinajstić information content (AvgIpc) is 2.25. The number of hydrogen-bond acceptors (Lipinski definition) is 2. The molecule has 0 saturated carbocycles. The fourth-order valence-corrected chi connectivity index (χ4v) is 1.68. The highest BCUT2D eigenvalue weighted by atomic mass is 32.1. The quantitative estimate of drug-likeness (QED) is 0.752. The summed E-state index contributed by atoms with van der Waals surface area (Å²) in [5.41, 5.74) is 4.01. The molecule has 4 nitrogen and oxygen atoms in total. The van der Waals surface area contributed by atoms with Crippen LogP contribution in [0.4, 0.5) is 23.7 Å².